The largest absolute Gasteiger partial charge is 0.493 e. The third-order valence-corrected chi connectivity index (χ3v) is 5.30. The Balaban J connectivity index is 2.17. The molecule has 1 saturated heterocycles. The fraction of sp³-hybridized carbons (Fsp3) is 0.571. The molecule has 1 fully saturated rings. The van der Waals surface area contributed by atoms with Crippen molar-refractivity contribution in [3.8, 4) is 5.75 Å². The van der Waals surface area contributed by atoms with Crippen molar-refractivity contribution in [3.63, 3.8) is 0 Å². The fourth-order valence-corrected chi connectivity index (χ4v) is 4.18. The van der Waals surface area contributed by atoms with E-state index in [1.807, 2.05) is 31.0 Å². The van der Waals surface area contributed by atoms with Gasteiger partial charge in [0.1, 0.15) is 5.75 Å². The van der Waals surface area contributed by atoms with Gasteiger partial charge in [-0.05, 0) is 18.9 Å². The monoisotopic (exact) mass is 298 g/mol. The highest BCUT2D eigenvalue weighted by atomic mass is 32.2. The van der Waals surface area contributed by atoms with E-state index in [2.05, 4.69) is 0 Å². The van der Waals surface area contributed by atoms with Crippen molar-refractivity contribution in [3.05, 3.63) is 18.2 Å². The van der Waals surface area contributed by atoms with Crippen molar-refractivity contribution in [2.75, 3.05) is 35.8 Å². The summed E-state index contributed by atoms with van der Waals surface area (Å²) in [6.07, 6.45) is 1.60. The summed E-state index contributed by atoms with van der Waals surface area (Å²) in [5, 5.41) is 0. The second-order valence-electron chi connectivity index (χ2n) is 5.28. The minimum Gasteiger partial charge on any atom is -0.493 e. The van der Waals surface area contributed by atoms with Gasteiger partial charge >= 0.3 is 0 Å². The molecule has 0 spiro atoms. The molecule has 1 unspecified atom stereocenters. The molecule has 0 amide bonds. The number of hydrogen-bond donors (Lipinski definition) is 1. The number of sulfone groups is 1. The van der Waals surface area contributed by atoms with Crippen molar-refractivity contribution in [2.24, 2.45) is 0 Å². The summed E-state index contributed by atoms with van der Waals surface area (Å²) in [4.78, 5) is 1.99. The summed E-state index contributed by atoms with van der Waals surface area (Å²) in [5.41, 5.74) is 7.42. The molecule has 2 N–H and O–H groups in total. The van der Waals surface area contributed by atoms with Gasteiger partial charge in [0.05, 0.1) is 18.1 Å². The second kappa shape index (κ2) is 5.91. The van der Waals surface area contributed by atoms with Gasteiger partial charge in [-0.3, -0.25) is 0 Å². The topological polar surface area (TPSA) is 72.6 Å². The summed E-state index contributed by atoms with van der Waals surface area (Å²) in [6, 6.07) is 5.57. The zero-order valence-corrected chi connectivity index (χ0v) is 12.8. The molecule has 1 atom stereocenters. The maximum Gasteiger partial charge on any atom is 0.152 e. The van der Waals surface area contributed by atoms with Gasteiger partial charge in [-0.25, -0.2) is 8.42 Å². The predicted octanol–water partition coefficient (Wildman–Crippen LogP) is 1.68. The molecule has 1 aliphatic heterocycles. The maximum absolute atomic E-state index is 11.6. The van der Waals surface area contributed by atoms with E-state index in [0.717, 1.165) is 17.9 Å². The number of hydrogen-bond acceptors (Lipinski definition) is 5. The van der Waals surface area contributed by atoms with Gasteiger partial charge in [0.15, 0.2) is 9.84 Å². The maximum atomic E-state index is 11.6. The zero-order valence-electron chi connectivity index (χ0n) is 12.0. The van der Waals surface area contributed by atoms with E-state index in [1.165, 1.54) is 0 Å². The van der Waals surface area contributed by atoms with E-state index in [0.29, 0.717) is 18.7 Å². The Bertz CT molecular complexity index is 572. The Labute approximate surface area is 120 Å². The van der Waals surface area contributed by atoms with Crippen LogP contribution in [0.15, 0.2) is 18.2 Å². The van der Waals surface area contributed by atoms with Crippen molar-refractivity contribution in [1.29, 1.82) is 0 Å². The van der Waals surface area contributed by atoms with Gasteiger partial charge in [-0.2, -0.15) is 0 Å². The molecule has 0 aliphatic carbocycles. The number of ether oxygens (including phenoxy) is 1. The van der Waals surface area contributed by atoms with Crippen LogP contribution in [0.1, 0.15) is 19.8 Å². The molecule has 1 aromatic carbocycles. The van der Waals surface area contributed by atoms with Gasteiger partial charge in [-0.1, -0.05) is 6.92 Å². The summed E-state index contributed by atoms with van der Waals surface area (Å²) in [5.74, 6) is 1.21. The van der Waals surface area contributed by atoms with E-state index in [1.54, 1.807) is 6.07 Å². The lowest BCUT2D eigenvalue weighted by Gasteiger charge is -2.26. The van der Waals surface area contributed by atoms with Crippen LogP contribution in [0.4, 0.5) is 11.4 Å². The Kier molecular flexibility index (Phi) is 4.42. The lowest BCUT2D eigenvalue weighted by Crippen LogP contribution is -2.32. The number of benzene rings is 1. The van der Waals surface area contributed by atoms with E-state index in [9.17, 15) is 8.42 Å². The van der Waals surface area contributed by atoms with Gasteiger partial charge < -0.3 is 15.4 Å². The second-order valence-corrected chi connectivity index (χ2v) is 7.51. The first-order valence-corrected chi connectivity index (χ1v) is 8.70. The van der Waals surface area contributed by atoms with E-state index < -0.39 is 9.84 Å². The van der Waals surface area contributed by atoms with Gasteiger partial charge in [0, 0.05) is 36.6 Å². The minimum atomic E-state index is -2.89. The van der Waals surface area contributed by atoms with Crippen LogP contribution in [0.25, 0.3) is 0 Å². The first-order valence-electron chi connectivity index (χ1n) is 6.88. The lowest BCUT2D eigenvalue weighted by molar-refractivity contribution is 0.317. The van der Waals surface area contributed by atoms with Crippen LogP contribution >= 0.6 is 0 Å². The SMILES string of the molecule is CCCOc1cc(N)cc(N(C)C2CCS(=O)(=O)C2)c1. The smallest absolute Gasteiger partial charge is 0.152 e. The highest BCUT2D eigenvalue weighted by Crippen LogP contribution is 2.29. The highest BCUT2D eigenvalue weighted by molar-refractivity contribution is 7.91. The Morgan fingerprint density at radius 2 is 2.15 bits per heavy atom. The molecule has 0 radical (unpaired) electrons. The number of nitrogen functional groups attached to an aromatic ring is 1. The minimum absolute atomic E-state index is 0.0147. The molecule has 2 rings (SSSR count). The van der Waals surface area contributed by atoms with Crippen LogP contribution in [-0.4, -0.2) is 39.6 Å². The molecule has 1 aliphatic rings. The molecule has 1 aromatic rings. The van der Waals surface area contributed by atoms with Gasteiger partial charge in [0.2, 0.25) is 0 Å². The number of anilines is 2. The van der Waals surface area contributed by atoms with Crippen LogP contribution in [0.5, 0.6) is 5.75 Å². The third kappa shape index (κ3) is 3.56. The van der Waals surface area contributed by atoms with E-state index in [4.69, 9.17) is 10.5 Å². The van der Waals surface area contributed by atoms with Gasteiger partial charge in [0.25, 0.3) is 0 Å². The standard InChI is InChI=1S/C14H22N2O3S/c1-3-5-19-14-8-11(15)7-13(9-14)16(2)12-4-6-20(17,18)10-12/h7-9,12H,3-6,10,15H2,1-2H3. The number of nitrogens with zero attached hydrogens (tertiary/aromatic N) is 1. The Morgan fingerprint density at radius 1 is 1.40 bits per heavy atom. The van der Waals surface area contributed by atoms with Gasteiger partial charge in [-0.15, -0.1) is 0 Å². The fourth-order valence-electron chi connectivity index (χ4n) is 2.40. The molecule has 0 aromatic heterocycles. The highest BCUT2D eigenvalue weighted by Gasteiger charge is 2.31. The average Bonchev–Trinajstić information content (AvgIpc) is 2.75. The van der Waals surface area contributed by atoms with Crippen molar-refractivity contribution in [1.82, 2.24) is 0 Å². The lowest BCUT2D eigenvalue weighted by atomic mass is 10.2. The van der Waals surface area contributed by atoms with Crippen LogP contribution in [0.2, 0.25) is 0 Å². The summed E-state index contributed by atoms with van der Waals surface area (Å²) in [6.45, 7) is 2.69. The quantitative estimate of drug-likeness (QED) is 0.837. The molecule has 0 saturated carbocycles. The molecule has 6 heteroatoms. The Hall–Kier alpha value is -1.43. The summed E-state index contributed by atoms with van der Waals surface area (Å²) in [7, 11) is -0.980. The molecule has 5 nitrogen and oxygen atoms in total. The van der Waals surface area contributed by atoms with Crippen LogP contribution in [-0.2, 0) is 9.84 Å². The third-order valence-electron chi connectivity index (χ3n) is 3.55. The average molecular weight is 298 g/mol. The molecule has 1 heterocycles. The Morgan fingerprint density at radius 3 is 2.75 bits per heavy atom. The first kappa shape index (κ1) is 15.0. The number of rotatable bonds is 5. The summed E-state index contributed by atoms with van der Waals surface area (Å²) >= 11 is 0. The molecule has 0 bridgehead atoms. The van der Waals surface area contributed by atoms with E-state index >= 15 is 0 Å². The van der Waals surface area contributed by atoms with Crippen molar-refractivity contribution in [2.45, 2.75) is 25.8 Å². The molecular weight excluding hydrogens is 276 g/mol. The summed E-state index contributed by atoms with van der Waals surface area (Å²) < 4.78 is 28.8. The van der Waals surface area contributed by atoms with Crippen LogP contribution in [0.3, 0.4) is 0 Å². The molecule has 112 valence electrons. The number of nitrogens with two attached hydrogens (primary N) is 1. The molecule has 20 heavy (non-hydrogen) atoms. The van der Waals surface area contributed by atoms with Crippen molar-refractivity contribution >= 4 is 21.2 Å². The first-order chi connectivity index (χ1) is 9.41. The van der Waals surface area contributed by atoms with Crippen LogP contribution < -0.4 is 15.4 Å². The predicted molar refractivity (Wildman–Crippen MR) is 82.1 cm³/mol. The molecular formula is C14H22N2O3S. The normalized spacial score (nSPS) is 20.8. The zero-order chi connectivity index (χ0) is 14.8. The van der Waals surface area contributed by atoms with E-state index in [-0.39, 0.29) is 17.5 Å². The van der Waals surface area contributed by atoms with Crippen LogP contribution in [0, 0.1) is 0 Å². The van der Waals surface area contributed by atoms with Crippen molar-refractivity contribution < 1.29 is 13.2 Å².